The number of aromatic amines is 1. The highest BCUT2D eigenvalue weighted by molar-refractivity contribution is 7.22. The van der Waals surface area contributed by atoms with Crippen molar-refractivity contribution in [3.05, 3.63) is 77.4 Å². The van der Waals surface area contributed by atoms with Crippen molar-refractivity contribution < 1.29 is 4.79 Å². The Morgan fingerprint density at radius 2 is 2.07 bits per heavy atom. The second-order valence-electron chi connectivity index (χ2n) is 6.31. The van der Waals surface area contributed by atoms with Gasteiger partial charge in [-0.3, -0.25) is 9.69 Å². The molecule has 1 N–H and O–H groups in total. The second-order valence-corrected chi connectivity index (χ2v) is 7.32. The molecule has 0 atom stereocenters. The van der Waals surface area contributed by atoms with E-state index in [2.05, 4.69) is 40.1 Å². The summed E-state index contributed by atoms with van der Waals surface area (Å²) in [6.07, 6.45) is 4.23. The fraction of sp³-hybridized carbons (Fsp3) is 0.143. The topological polar surface area (TPSA) is 85.7 Å². The van der Waals surface area contributed by atoms with E-state index in [4.69, 9.17) is 5.26 Å². The van der Waals surface area contributed by atoms with Crippen LogP contribution in [0.5, 0.6) is 0 Å². The lowest BCUT2D eigenvalue weighted by Gasteiger charge is -2.19. The largest absolute Gasteiger partial charge is 0.347 e. The lowest BCUT2D eigenvalue weighted by Crippen LogP contribution is -2.30. The van der Waals surface area contributed by atoms with Gasteiger partial charge in [0.2, 0.25) is 0 Å². The van der Waals surface area contributed by atoms with E-state index < -0.39 is 0 Å². The van der Waals surface area contributed by atoms with Crippen LogP contribution in [0.4, 0.5) is 5.13 Å². The fourth-order valence-electron chi connectivity index (χ4n) is 2.90. The van der Waals surface area contributed by atoms with Crippen molar-refractivity contribution in [3.8, 4) is 6.07 Å². The number of aryl methyl sites for hydroxylation is 1. The van der Waals surface area contributed by atoms with Crippen molar-refractivity contribution in [1.82, 2.24) is 15.0 Å². The maximum absolute atomic E-state index is 13.2. The maximum Gasteiger partial charge on any atom is 0.260 e. The van der Waals surface area contributed by atoms with Gasteiger partial charge in [-0.15, -0.1) is 0 Å². The summed E-state index contributed by atoms with van der Waals surface area (Å²) in [7, 11) is 0. The van der Waals surface area contributed by atoms with Gasteiger partial charge in [0.1, 0.15) is 0 Å². The van der Waals surface area contributed by atoms with Crippen molar-refractivity contribution in [3.63, 3.8) is 0 Å². The number of benzene rings is 2. The van der Waals surface area contributed by atoms with Gasteiger partial charge in [-0.05, 0) is 48.4 Å². The number of rotatable bonds is 5. The molecule has 6 nitrogen and oxygen atoms in total. The molecule has 1 amide bonds. The summed E-state index contributed by atoms with van der Waals surface area (Å²) in [4.78, 5) is 26.7. The summed E-state index contributed by atoms with van der Waals surface area (Å²) < 4.78 is 1.05. The molecule has 0 aliphatic carbocycles. The maximum atomic E-state index is 13.2. The molecule has 2 aromatic carbocycles. The van der Waals surface area contributed by atoms with Crippen molar-refractivity contribution in [2.45, 2.75) is 19.9 Å². The summed E-state index contributed by atoms with van der Waals surface area (Å²) in [6, 6.07) is 14.9. The minimum atomic E-state index is -0.172. The summed E-state index contributed by atoms with van der Waals surface area (Å²) in [5.74, 6) is -0.172. The number of hydrogen-bond acceptors (Lipinski definition) is 5. The Bertz CT molecular complexity index is 1160. The number of fused-ring (bicyclic) bond motifs is 1. The van der Waals surface area contributed by atoms with Crippen LogP contribution in [0.15, 0.2) is 55.0 Å². The molecular formula is C21H17N5OS. The first-order valence-electron chi connectivity index (χ1n) is 8.86. The van der Waals surface area contributed by atoms with E-state index in [1.54, 1.807) is 41.7 Å². The number of carbonyl (C=O) groups excluding carboxylic acids is 1. The van der Waals surface area contributed by atoms with Crippen molar-refractivity contribution in [2.75, 3.05) is 4.90 Å². The van der Waals surface area contributed by atoms with E-state index in [1.807, 2.05) is 6.07 Å². The van der Waals surface area contributed by atoms with Gasteiger partial charge in [0.15, 0.2) is 5.13 Å². The number of thiazole rings is 1. The molecule has 7 heteroatoms. The van der Waals surface area contributed by atoms with E-state index in [1.165, 1.54) is 16.9 Å². The molecule has 0 aliphatic rings. The number of H-pyrrole nitrogens is 1. The van der Waals surface area contributed by atoms with Crippen molar-refractivity contribution in [2.24, 2.45) is 0 Å². The Hall–Kier alpha value is -3.50. The molecule has 0 saturated heterocycles. The lowest BCUT2D eigenvalue weighted by molar-refractivity contribution is 0.0985. The van der Waals surface area contributed by atoms with Gasteiger partial charge in [0.25, 0.3) is 5.91 Å². The molecule has 2 heterocycles. The Kier molecular flexibility index (Phi) is 4.87. The summed E-state index contributed by atoms with van der Waals surface area (Å²) in [6.45, 7) is 2.45. The first-order valence-corrected chi connectivity index (χ1v) is 9.68. The minimum Gasteiger partial charge on any atom is -0.347 e. The normalized spacial score (nSPS) is 10.7. The molecule has 0 bridgehead atoms. The zero-order valence-corrected chi connectivity index (χ0v) is 16.0. The number of nitriles is 1. The van der Waals surface area contributed by atoms with Crippen LogP contribution in [0, 0.1) is 11.3 Å². The summed E-state index contributed by atoms with van der Waals surface area (Å²) >= 11 is 1.49. The zero-order valence-electron chi connectivity index (χ0n) is 15.2. The third-order valence-electron chi connectivity index (χ3n) is 4.47. The smallest absolute Gasteiger partial charge is 0.260 e. The molecule has 0 fully saturated rings. The minimum absolute atomic E-state index is 0.172. The highest BCUT2D eigenvalue weighted by Gasteiger charge is 2.22. The van der Waals surface area contributed by atoms with Crippen LogP contribution in [-0.2, 0) is 13.0 Å². The molecule has 0 radical (unpaired) electrons. The van der Waals surface area contributed by atoms with Crippen LogP contribution in [0.2, 0.25) is 0 Å². The molecule has 4 aromatic rings. The fourth-order valence-corrected chi connectivity index (χ4v) is 3.93. The molecule has 28 heavy (non-hydrogen) atoms. The van der Waals surface area contributed by atoms with Gasteiger partial charge >= 0.3 is 0 Å². The summed E-state index contributed by atoms with van der Waals surface area (Å²) in [5.41, 5.74) is 3.95. The van der Waals surface area contributed by atoms with Gasteiger partial charge in [-0.1, -0.05) is 24.3 Å². The molecular weight excluding hydrogens is 370 g/mol. The molecule has 4 rings (SSSR count). The highest BCUT2D eigenvalue weighted by atomic mass is 32.1. The van der Waals surface area contributed by atoms with Crippen LogP contribution in [0.3, 0.4) is 0 Å². The lowest BCUT2D eigenvalue weighted by atomic mass is 10.1. The molecule has 2 aromatic heterocycles. The number of nitrogens with zero attached hydrogens (tertiary/aromatic N) is 4. The third kappa shape index (κ3) is 3.50. The third-order valence-corrected chi connectivity index (χ3v) is 5.51. The van der Waals surface area contributed by atoms with Crippen LogP contribution < -0.4 is 4.90 Å². The van der Waals surface area contributed by atoms with Crippen molar-refractivity contribution in [1.29, 1.82) is 5.26 Å². The van der Waals surface area contributed by atoms with E-state index >= 15 is 0 Å². The Morgan fingerprint density at radius 3 is 2.75 bits per heavy atom. The Labute approximate surface area is 166 Å². The average Bonchev–Trinajstić information content (AvgIpc) is 3.40. The second kappa shape index (κ2) is 7.62. The molecule has 0 aliphatic heterocycles. The quantitative estimate of drug-likeness (QED) is 0.553. The van der Waals surface area contributed by atoms with Gasteiger partial charge in [0, 0.05) is 11.8 Å². The standard InChI is InChI=1S/C21H17N5OS/c1-2-14-5-8-18-19(9-14)28-21(25-18)26(12-17-11-23-13-24-17)20(27)16-6-3-15(10-22)4-7-16/h3-9,11,13H,2,12H2,1H3,(H,23,24). The molecule has 0 spiro atoms. The Morgan fingerprint density at radius 1 is 1.25 bits per heavy atom. The predicted molar refractivity (Wildman–Crippen MR) is 109 cm³/mol. The van der Waals surface area contributed by atoms with Crippen molar-refractivity contribution >= 4 is 32.6 Å². The number of imidazole rings is 1. The number of carbonyl (C=O) groups is 1. The highest BCUT2D eigenvalue weighted by Crippen LogP contribution is 2.31. The summed E-state index contributed by atoms with van der Waals surface area (Å²) in [5, 5.41) is 9.62. The zero-order chi connectivity index (χ0) is 19.5. The number of nitrogens with one attached hydrogen (secondary N) is 1. The van der Waals surface area contributed by atoms with Gasteiger partial charge in [-0.2, -0.15) is 5.26 Å². The monoisotopic (exact) mass is 387 g/mol. The van der Waals surface area contributed by atoms with Gasteiger partial charge < -0.3 is 4.98 Å². The SMILES string of the molecule is CCc1ccc2nc(N(Cc3cnc[nH]3)C(=O)c3ccc(C#N)cc3)sc2c1. The van der Waals surface area contributed by atoms with Crippen LogP contribution in [-0.4, -0.2) is 20.9 Å². The first kappa shape index (κ1) is 17.9. The van der Waals surface area contributed by atoms with Crippen LogP contribution in [0.25, 0.3) is 10.2 Å². The number of aromatic nitrogens is 3. The van der Waals surface area contributed by atoms with Crippen LogP contribution >= 0.6 is 11.3 Å². The first-order chi connectivity index (χ1) is 13.7. The van der Waals surface area contributed by atoms with Crippen LogP contribution in [0.1, 0.15) is 34.1 Å². The number of amides is 1. The average molecular weight is 387 g/mol. The van der Waals surface area contributed by atoms with Gasteiger partial charge in [-0.25, -0.2) is 9.97 Å². The van der Waals surface area contributed by atoms with E-state index in [0.29, 0.717) is 22.8 Å². The Balaban J connectivity index is 1.74. The van der Waals surface area contributed by atoms with E-state index in [9.17, 15) is 4.79 Å². The molecule has 0 saturated carbocycles. The predicted octanol–water partition coefficient (Wildman–Crippen LogP) is 4.30. The number of anilines is 1. The molecule has 0 unspecified atom stereocenters. The number of hydrogen-bond donors (Lipinski definition) is 1. The van der Waals surface area contributed by atoms with E-state index in [-0.39, 0.29) is 5.91 Å². The van der Waals surface area contributed by atoms with Gasteiger partial charge in [0.05, 0.1) is 40.4 Å². The molecule has 138 valence electrons. The van der Waals surface area contributed by atoms with E-state index in [0.717, 1.165) is 22.3 Å².